The van der Waals surface area contributed by atoms with Gasteiger partial charge in [-0.15, -0.1) is 24.8 Å². The van der Waals surface area contributed by atoms with E-state index in [4.69, 9.17) is 4.74 Å². The molecule has 144 valence electrons. The van der Waals surface area contributed by atoms with Crippen LogP contribution >= 0.6 is 24.8 Å². The number of carbonyl (C=O) groups is 1. The Morgan fingerprint density at radius 2 is 2.20 bits per heavy atom. The largest absolute Gasteiger partial charge is 0.468 e. The standard InChI is InChI=1S/C14H18F3N3O3.2ClH/c15-14(16,17)9-23-13-10(2-1-3-19-13)7-20-12(21)6-11-8-22-5-4-18-11;;/h1-3,11,18H,4-9H2,(H,20,21);2*1H. The van der Waals surface area contributed by atoms with Crippen LogP contribution in [0.1, 0.15) is 12.0 Å². The quantitative estimate of drug-likeness (QED) is 0.755. The monoisotopic (exact) mass is 405 g/mol. The molecule has 6 nitrogen and oxygen atoms in total. The molecule has 0 spiro atoms. The van der Waals surface area contributed by atoms with E-state index < -0.39 is 12.8 Å². The third-order valence-corrected chi connectivity index (χ3v) is 3.13. The average Bonchev–Trinajstić information content (AvgIpc) is 2.52. The summed E-state index contributed by atoms with van der Waals surface area (Å²) < 4.78 is 46.5. The van der Waals surface area contributed by atoms with Crippen LogP contribution in [0, 0.1) is 0 Å². The summed E-state index contributed by atoms with van der Waals surface area (Å²) in [4.78, 5) is 15.6. The lowest BCUT2D eigenvalue weighted by molar-refractivity contribution is -0.154. The van der Waals surface area contributed by atoms with Crippen molar-refractivity contribution >= 4 is 30.7 Å². The minimum Gasteiger partial charge on any atom is -0.468 e. The van der Waals surface area contributed by atoms with E-state index >= 15 is 0 Å². The van der Waals surface area contributed by atoms with E-state index in [9.17, 15) is 18.0 Å². The Morgan fingerprint density at radius 3 is 2.84 bits per heavy atom. The second-order valence-corrected chi connectivity index (χ2v) is 5.08. The first kappa shape index (κ1) is 23.7. The van der Waals surface area contributed by atoms with Gasteiger partial charge in [-0.2, -0.15) is 13.2 Å². The zero-order valence-electron chi connectivity index (χ0n) is 13.2. The maximum Gasteiger partial charge on any atom is 0.422 e. The van der Waals surface area contributed by atoms with E-state index in [0.717, 1.165) is 0 Å². The summed E-state index contributed by atoms with van der Waals surface area (Å²) in [5, 5.41) is 5.80. The molecular weight excluding hydrogens is 386 g/mol. The summed E-state index contributed by atoms with van der Waals surface area (Å²) in [6, 6.07) is 3.07. The predicted molar refractivity (Wildman–Crippen MR) is 89.4 cm³/mol. The Kier molecular flexibility index (Phi) is 10.8. The highest BCUT2D eigenvalue weighted by Crippen LogP contribution is 2.19. The third kappa shape index (κ3) is 9.10. The Balaban J connectivity index is 0.00000288. The molecule has 0 aliphatic carbocycles. The topological polar surface area (TPSA) is 72.5 Å². The molecule has 25 heavy (non-hydrogen) atoms. The molecule has 1 aromatic rings. The Hall–Kier alpha value is -1.29. The summed E-state index contributed by atoms with van der Waals surface area (Å²) in [5.74, 6) is -0.358. The van der Waals surface area contributed by atoms with E-state index in [1.165, 1.54) is 6.20 Å². The maximum atomic E-state index is 12.2. The first-order valence-electron chi connectivity index (χ1n) is 7.15. The molecule has 1 fully saturated rings. The number of ether oxygens (including phenoxy) is 2. The first-order chi connectivity index (χ1) is 10.9. The summed E-state index contributed by atoms with van der Waals surface area (Å²) in [6.07, 6.45) is -2.87. The smallest absolute Gasteiger partial charge is 0.422 e. The minimum absolute atomic E-state index is 0. The fraction of sp³-hybridized carbons (Fsp3) is 0.571. The molecule has 1 saturated heterocycles. The van der Waals surface area contributed by atoms with E-state index in [1.807, 2.05) is 0 Å². The molecule has 0 saturated carbocycles. The number of hydrogen-bond donors (Lipinski definition) is 2. The van der Waals surface area contributed by atoms with Crippen LogP contribution in [0.4, 0.5) is 13.2 Å². The lowest BCUT2D eigenvalue weighted by atomic mass is 10.2. The zero-order valence-corrected chi connectivity index (χ0v) is 14.8. The number of morpholine rings is 1. The summed E-state index contributed by atoms with van der Waals surface area (Å²) in [6.45, 7) is 0.395. The minimum atomic E-state index is -4.44. The number of nitrogens with zero attached hydrogens (tertiary/aromatic N) is 1. The molecule has 0 radical (unpaired) electrons. The van der Waals surface area contributed by atoms with Gasteiger partial charge in [0.1, 0.15) is 0 Å². The van der Waals surface area contributed by atoms with Crippen molar-refractivity contribution in [3.05, 3.63) is 23.9 Å². The fourth-order valence-electron chi connectivity index (χ4n) is 2.08. The highest BCUT2D eigenvalue weighted by molar-refractivity contribution is 5.85. The molecule has 2 heterocycles. The van der Waals surface area contributed by atoms with E-state index in [2.05, 4.69) is 20.4 Å². The molecule has 0 bridgehead atoms. The number of nitrogens with one attached hydrogen (secondary N) is 2. The van der Waals surface area contributed by atoms with Crippen molar-refractivity contribution in [2.24, 2.45) is 0 Å². The highest BCUT2D eigenvalue weighted by atomic mass is 35.5. The van der Waals surface area contributed by atoms with Gasteiger partial charge in [0, 0.05) is 37.3 Å². The van der Waals surface area contributed by atoms with Gasteiger partial charge in [0.2, 0.25) is 11.8 Å². The normalized spacial score (nSPS) is 17.0. The van der Waals surface area contributed by atoms with Gasteiger partial charge in [-0.1, -0.05) is 6.07 Å². The van der Waals surface area contributed by atoms with Gasteiger partial charge >= 0.3 is 6.18 Å². The predicted octanol–water partition coefficient (Wildman–Crippen LogP) is 1.86. The number of pyridine rings is 1. The van der Waals surface area contributed by atoms with Gasteiger partial charge in [0.25, 0.3) is 0 Å². The lowest BCUT2D eigenvalue weighted by Crippen LogP contribution is -2.44. The van der Waals surface area contributed by atoms with Crippen LogP contribution in [0.2, 0.25) is 0 Å². The second kappa shape index (κ2) is 11.3. The van der Waals surface area contributed by atoms with Crippen LogP contribution in [-0.2, 0) is 16.1 Å². The van der Waals surface area contributed by atoms with Crippen LogP contribution in [0.15, 0.2) is 18.3 Å². The van der Waals surface area contributed by atoms with Crippen molar-refractivity contribution in [1.82, 2.24) is 15.6 Å². The van der Waals surface area contributed by atoms with Gasteiger partial charge in [-0.05, 0) is 6.07 Å². The Bertz CT molecular complexity index is 530. The van der Waals surface area contributed by atoms with E-state index in [0.29, 0.717) is 25.3 Å². The Morgan fingerprint density at radius 1 is 1.44 bits per heavy atom. The van der Waals surface area contributed by atoms with E-state index in [1.54, 1.807) is 12.1 Å². The number of aromatic nitrogens is 1. The number of rotatable bonds is 6. The molecule has 0 aromatic carbocycles. The summed E-state index contributed by atoms with van der Waals surface area (Å²) >= 11 is 0. The molecule has 1 amide bonds. The van der Waals surface area contributed by atoms with E-state index in [-0.39, 0.29) is 55.6 Å². The maximum absolute atomic E-state index is 12.2. The molecule has 2 rings (SSSR count). The van der Waals surface area contributed by atoms with Gasteiger partial charge in [0.05, 0.1) is 13.2 Å². The van der Waals surface area contributed by atoms with Crippen molar-refractivity contribution < 1.29 is 27.4 Å². The van der Waals surface area contributed by atoms with Gasteiger partial charge in [-0.25, -0.2) is 4.98 Å². The third-order valence-electron chi connectivity index (χ3n) is 3.13. The van der Waals surface area contributed by atoms with Crippen LogP contribution in [-0.4, -0.2) is 49.5 Å². The second-order valence-electron chi connectivity index (χ2n) is 5.08. The van der Waals surface area contributed by atoms with Crippen molar-refractivity contribution in [2.45, 2.75) is 25.2 Å². The number of carbonyl (C=O) groups excluding carboxylic acids is 1. The van der Waals surface area contributed by atoms with Crippen molar-refractivity contribution in [3.8, 4) is 5.88 Å². The summed E-state index contributed by atoms with van der Waals surface area (Å²) in [7, 11) is 0. The number of halogens is 5. The average molecular weight is 406 g/mol. The number of hydrogen-bond acceptors (Lipinski definition) is 5. The molecule has 1 aliphatic heterocycles. The molecule has 1 unspecified atom stereocenters. The number of amides is 1. The van der Waals surface area contributed by atoms with Crippen molar-refractivity contribution in [1.29, 1.82) is 0 Å². The zero-order chi connectivity index (χ0) is 16.7. The van der Waals surface area contributed by atoms with Crippen molar-refractivity contribution in [3.63, 3.8) is 0 Å². The van der Waals surface area contributed by atoms with Crippen molar-refractivity contribution in [2.75, 3.05) is 26.4 Å². The number of alkyl halides is 3. The molecule has 1 atom stereocenters. The molecule has 2 N–H and O–H groups in total. The Labute approximate surface area is 155 Å². The van der Waals surface area contributed by atoms with Crippen LogP contribution in [0.5, 0.6) is 5.88 Å². The van der Waals surface area contributed by atoms with Gasteiger partial charge in [0.15, 0.2) is 6.61 Å². The first-order valence-corrected chi connectivity index (χ1v) is 7.15. The fourth-order valence-corrected chi connectivity index (χ4v) is 2.08. The molecular formula is C14H20Cl2F3N3O3. The molecule has 1 aromatic heterocycles. The van der Waals surface area contributed by atoms with Crippen LogP contribution in [0.25, 0.3) is 0 Å². The van der Waals surface area contributed by atoms with Crippen LogP contribution in [0.3, 0.4) is 0 Å². The summed E-state index contributed by atoms with van der Waals surface area (Å²) in [5.41, 5.74) is 0.387. The molecule has 1 aliphatic rings. The SMILES string of the molecule is Cl.Cl.O=C(CC1COCCN1)NCc1cccnc1OCC(F)(F)F. The highest BCUT2D eigenvalue weighted by Gasteiger charge is 2.29. The van der Waals surface area contributed by atoms with Crippen LogP contribution < -0.4 is 15.4 Å². The molecule has 11 heteroatoms. The lowest BCUT2D eigenvalue weighted by Gasteiger charge is -2.23. The van der Waals surface area contributed by atoms with Gasteiger partial charge < -0.3 is 20.1 Å². The van der Waals surface area contributed by atoms with Gasteiger partial charge in [-0.3, -0.25) is 4.79 Å².